The lowest BCUT2D eigenvalue weighted by Crippen LogP contribution is -2.32. The topological polar surface area (TPSA) is 89.6 Å². The van der Waals surface area contributed by atoms with Crippen molar-refractivity contribution in [2.24, 2.45) is 5.73 Å². The molecule has 22 heavy (non-hydrogen) atoms. The number of ether oxygens (including phenoxy) is 1. The second-order valence-electron chi connectivity index (χ2n) is 4.90. The predicted molar refractivity (Wildman–Crippen MR) is 82.2 cm³/mol. The Labute approximate surface area is 128 Å². The van der Waals surface area contributed by atoms with Crippen molar-refractivity contribution in [1.82, 2.24) is 0 Å². The molecule has 114 valence electrons. The zero-order valence-corrected chi connectivity index (χ0v) is 12.2. The van der Waals surface area contributed by atoms with Gasteiger partial charge >= 0.3 is 5.97 Å². The first-order valence-corrected chi connectivity index (χ1v) is 6.77. The van der Waals surface area contributed by atoms with Crippen LogP contribution < -0.4 is 10.5 Å². The lowest BCUT2D eigenvalue weighted by Gasteiger charge is -2.07. The van der Waals surface area contributed by atoms with E-state index >= 15 is 0 Å². The second-order valence-corrected chi connectivity index (χ2v) is 4.90. The van der Waals surface area contributed by atoms with Crippen molar-refractivity contribution in [3.63, 3.8) is 0 Å². The first-order chi connectivity index (χ1) is 10.5. The van der Waals surface area contributed by atoms with Crippen molar-refractivity contribution in [3.05, 3.63) is 65.2 Å². The van der Waals surface area contributed by atoms with Crippen LogP contribution in [0.4, 0.5) is 0 Å². The van der Waals surface area contributed by atoms with Crippen LogP contribution in [0.15, 0.2) is 48.5 Å². The van der Waals surface area contributed by atoms with Gasteiger partial charge in [0.15, 0.2) is 5.78 Å². The average Bonchev–Trinajstić information content (AvgIpc) is 2.55. The third-order valence-corrected chi connectivity index (χ3v) is 3.34. The van der Waals surface area contributed by atoms with Gasteiger partial charge in [0.05, 0.1) is 7.11 Å². The van der Waals surface area contributed by atoms with Crippen molar-refractivity contribution in [2.45, 2.75) is 12.5 Å². The van der Waals surface area contributed by atoms with Crippen LogP contribution in [0.2, 0.25) is 0 Å². The summed E-state index contributed by atoms with van der Waals surface area (Å²) in [6, 6.07) is 12.7. The summed E-state index contributed by atoms with van der Waals surface area (Å²) in [6.07, 6.45) is 0.229. The molecule has 2 aromatic carbocycles. The molecule has 0 bridgehead atoms. The lowest BCUT2D eigenvalue weighted by molar-refractivity contribution is -0.138. The van der Waals surface area contributed by atoms with Gasteiger partial charge in [0.1, 0.15) is 11.8 Å². The van der Waals surface area contributed by atoms with Gasteiger partial charge in [0, 0.05) is 11.1 Å². The molecule has 0 fully saturated rings. The molecule has 0 spiro atoms. The van der Waals surface area contributed by atoms with Gasteiger partial charge in [-0.3, -0.25) is 9.59 Å². The highest BCUT2D eigenvalue weighted by molar-refractivity contribution is 6.09. The molecule has 0 radical (unpaired) electrons. The largest absolute Gasteiger partial charge is 0.497 e. The molecule has 0 aliphatic carbocycles. The van der Waals surface area contributed by atoms with E-state index in [-0.39, 0.29) is 12.2 Å². The van der Waals surface area contributed by atoms with Crippen LogP contribution in [0.25, 0.3) is 0 Å². The van der Waals surface area contributed by atoms with E-state index in [1.807, 2.05) is 0 Å². The Balaban J connectivity index is 2.12. The van der Waals surface area contributed by atoms with Crippen LogP contribution in [0, 0.1) is 0 Å². The van der Waals surface area contributed by atoms with E-state index in [2.05, 4.69) is 0 Å². The van der Waals surface area contributed by atoms with Crippen molar-refractivity contribution >= 4 is 11.8 Å². The number of carbonyl (C=O) groups is 2. The van der Waals surface area contributed by atoms with Gasteiger partial charge in [-0.15, -0.1) is 0 Å². The molecule has 0 aliphatic heterocycles. The maximum atomic E-state index is 12.3. The number of methoxy groups -OCH3 is 1. The predicted octanol–water partition coefficient (Wildman–Crippen LogP) is 1.88. The Kier molecular flexibility index (Phi) is 4.91. The van der Waals surface area contributed by atoms with Crippen LogP contribution in [-0.4, -0.2) is 30.0 Å². The van der Waals surface area contributed by atoms with E-state index in [1.54, 1.807) is 55.6 Å². The maximum absolute atomic E-state index is 12.3. The molecule has 5 nitrogen and oxygen atoms in total. The minimum Gasteiger partial charge on any atom is -0.497 e. The Hall–Kier alpha value is -2.66. The Bertz CT molecular complexity index is 662. The monoisotopic (exact) mass is 299 g/mol. The summed E-state index contributed by atoms with van der Waals surface area (Å²) in [5.41, 5.74) is 7.37. The van der Waals surface area contributed by atoms with E-state index in [4.69, 9.17) is 15.6 Å². The molecule has 0 heterocycles. The highest BCUT2D eigenvalue weighted by Crippen LogP contribution is 2.16. The molecule has 0 saturated heterocycles. The number of hydrogen-bond acceptors (Lipinski definition) is 4. The highest BCUT2D eigenvalue weighted by atomic mass is 16.5. The average molecular weight is 299 g/mol. The minimum atomic E-state index is -1.04. The summed E-state index contributed by atoms with van der Waals surface area (Å²) in [4.78, 5) is 23.1. The molecule has 2 rings (SSSR count). The van der Waals surface area contributed by atoms with Gasteiger partial charge in [0.25, 0.3) is 0 Å². The van der Waals surface area contributed by atoms with Crippen molar-refractivity contribution < 1.29 is 19.4 Å². The molecule has 3 N–H and O–H groups in total. The fourth-order valence-corrected chi connectivity index (χ4v) is 2.04. The zero-order chi connectivity index (χ0) is 16.1. The molecule has 0 saturated carbocycles. The van der Waals surface area contributed by atoms with Crippen molar-refractivity contribution in [1.29, 1.82) is 0 Å². The SMILES string of the molecule is COc1ccc(C(=O)c2ccc(C[C@@H](N)C(=O)O)cc2)cc1. The number of aliphatic carboxylic acids is 1. The van der Waals surface area contributed by atoms with Crippen LogP contribution in [-0.2, 0) is 11.2 Å². The molecule has 0 unspecified atom stereocenters. The number of benzene rings is 2. The Morgan fingerprint density at radius 2 is 1.55 bits per heavy atom. The van der Waals surface area contributed by atoms with E-state index in [1.165, 1.54) is 0 Å². The molecular formula is C17H17NO4. The van der Waals surface area contributed by atoms with Crippen molar-refractivity contribution in [2.75, 3.05) is 7.11 Å². The van der Waals surface area contributed by atoms with Crippen LogP contribution in [0.3, 0.4) is 0 Å². The standard InChI is InChI=1S/C17H17NO4/c1-22-14-8-6-13(7-9-14)16(19)12-4-2-11(3-5-12)10-15(18)17(20)21/h2-9,15H,10,18H2,1H3,(H,20,21)/t15-/m1/s1. The first-order valence-electron chi connectivity index (χ1n) is 6.77. The van der Waals surface area contributed by atoms with Gasteiger partial charge in [-0.05, 0) is 36.2 Å². The summed E-state index contributed by atoms with van der Waals surface area (Å²) in [5, 5.41) is 8.79. The third kappa shape index (κ3) is 3.71. The Morgan fingerprint density at radius 1 is 1.05 bits per heavy atom. The van der Waals surface area contributed by atoms with Gasteiger partial charge in [0.2, 0.25) is 0 Å². The summed E-state index contributed by atoms with van der Waals surface area (Å²) >= 11 is 0. The number of carboxylic acid groups (broad SMARTS) is 1. The Morgan fingerprint density at radius 3 is 2.00 bits per heavy atom. The van der Waals surface area contributed by atoms with E-state index in [0.717, 1.165) is 5.56 Å². The van der Waals surface area contributed by atoms with Gasteiger partial charge in [-0.2, -0.15) is 0 Å². The summed E-state index contributed by atoms with van der Waals surface area (Å²) in [7, 11) is 1.57. The van der Waals surface area contributed by atoms with Gasteiger partial charge < -0.3 is 15.6 Å². The van der Waals surface area contributed by atoms with Crippen LogP contribution in [0.1, 0.15) is 21.5 Å². The number of nitrogens with two attached hydrogens (primary N) is 1. The molecule has 0 aliphatic rings. The number of carbonyl (C=O) groups excluding carboxylic acids is 1. The quantitative estimate of drug-likeness (QED) is 0.795. The van der Waals surface area contributed by atoms with Crippen LogP contribution >= 0.6 is 0 Å². The number of carboxylic acids is 1. The summed E-state index contributed by atoms with van der Waals surface area (Å²) < 4.78 is 5.06. The van der Waals surface area contributed by atoms with Crippen molar-refractivity contribution in [3.8, 4) is 5.75 Å². The van der Waals surface area contributed by atoms with Gasteiger partial charge in [-0.1, -0.05) is 24.3 Å². The number of rotatable bonds is 6. The minimum absolute atomic E-state index is 0.100. The normalized spacial score (nSPS) is 11.7. The smallest absolute Gasteiger partial charge is 0.320 e. The highest BCUT2D eigenvalue weighted by Gasteiger charge is 2.13. The molecule has 0 amide bonds. The fraction of sp³-hybridized carbons (Fsp3) is 0.176. The fourth-order valence-electron chi connectivity index (χ4n) is 2.04. The molecule has 5 heteroatoms. The molecule has 2 aromatic rings. The molecular weight excluding hydrogens is 282 g/mol. The van der Waals surface area contributed by atoms with E-state index in [9.17, 15) is 9.59 Å². The zero-order valence-electron chi connectivity index (χ0n) is 12.2. The molecule has 1 atom stereocenters. The number of hydrogen-bond donors (Lipinski definition) is 2. The van der Waals surface area contributed by atoms with Gasteiger partial charge in [-0.25, -0.2) is 0 Å². The lowest BCUT2D eigenvalue weighted by atomic mass is 10.00. The maximum Gasteiger partial charge on any atom is 0.320 e. The molecule has 0 aromatic heterocycles. The first kappa shape index (κ1) is 15.7. The third-order valence-electron chi connectivity index (χ3n) is 3.34. The summed E-state index contributed by atoms with van der Waals surface area (Å²) in [6.45, 7) is 0. The van der Waals surface area contributed by atoms with E-state index in [0.29, 0.717) is 16.9 Å². The second kappa shape index (κ2) is 6.87. The van der Waals surface area contributed by atoms with E-state index < -0.39 is 12.0 Å². The summed E-state index contributed by atoms with van der Waals surface area (Å²) in [5.74, 6) is -0.454. The number of ketones is 1. The van der Waals surface area contributed by atoms with Crippen LogP contribution in [0.5, 0.6) is 5.75 Å².